The van der Waals surface area contributed by atoms with Gasteiger partial charge in [-0.15, -0.1) is 0 Å². The molecular weight excluding hydrogens is 529 g/mol. The quantitative estimate of drug-likeness (QED) is 0.377. The highest BCUT2D eigenvalue weighted by Crippen LogP contribution is 2.22. The highest BCUT2D eigenvalue weighted by atomic mass is 35.5. The van der Waals surface area contributed by atoms with E-state index in [2.05, 4.69) is 5.32 Å². The van der Waals surface area contributed by atoms with Crippen LogP contribution < -0.4 is 9.62 Å². The van der Waals surface area contributed by atoms with Crippen molar-refractivity contribution in [3.63, 3.8) is 0 Å². The molecule has 0 saturated heterocycles. The maximum atomic E-state index is 14.7. The molecule has 0 aliphatic heterocycles. The van der Waals surface area contributed by atoms with Crippen molar-refractivity contribution >= 4 is 39.1 Å². The number of amides is 2. The average molecular weight is 560 g/mol. The molecule has 7 nitrogen and oxygen atoms in total. The molecule has 0 fully saturated rings. The molecule has 1 atom stereocenters. The minimum Gasteiger partial charge on any atom is -0.352 e. The third kappa shape index (κ3) is 8.03. The molecule has 0 bridgehead atoms. The van der Waals surface area contributed by atoms with Gasteiger partial charge < -0.3 is 10.2 Å². The van der Waals surface area contributed by atoms with Gasteiger partial charge >= 0.3 is 0 Å². The van der Waals surface area contributed by atoms with Gasteiger partial charge in [0.1, 0.15) is 18.4 Å². The summed E-state index contributed by atoms with van der Waals surface area (Å²) in [5.41, 5.74) is 1.23. The largest absolute Gasteiger partial charge is 0.352 e. The number of nitrogens with zero attached hydrogens (tertiary/aromatic N) is 2. The number of nitrogens with one attached hydrogen (secondary N) is 1. The summed E-state index contributed by atoms with van der Waals surface area (Å²) in [6.45, 7) is 2.78. The second kappa shape index (κ2) is 12.9. The fourth-order valence-corrected chi connectivity index (χ4v) is 4.94. The fourth-order valence-electron chi connectivity index (χ4n) is 3.97. The smallest absolute Gasteiger partial charge is 0.244 e. The topological polar surface area (TPSA) is 86.8 Å². The number of halogens is 2. The Morgan fingerprint density at radius 2 is 1.55 bits per heavy atom. The van der Waals surface area contributed by atoms with E-state index in [-0.39, 0.29) is 30.3 Å². The van der Waals surface area contributed by atoms with Gasteiger partial charge in [-0.1, -0.05) is 60.1 Å². The van der Waals surface area contributed by atoms with Gasteiger partial charge in [0.05, 0.1) is 11.9 Å². The first-order valence-corrected chi connectivity index (χ1v) is 14.3. The fraction of sp³-hybridized carbons (Fsp3) is 0.286. The zero-order valence-electron chi connectivity index (χ0n) is 21.5. The third-order valence-electron chi connectivity index (χ3n) is 5.79. The number of sulfonamides is 1. The molecule has 0 saturated carbocycles. The lowest BCUT2D eigenvalue weighted by molar-refractivity contribution is -0.140. The van der Waals surface area contributed by atoms with Crippen molar-refractivity contribution in [3.05, 3.63) is 101 Å². The molecule has 10 heteroatoms. The third-order valence-corrected chi connectivity index (χ3v) is 7.19. The molecule has 1 N–H and O–H groups in total. The maximum Gasteiger partial charge on any atom is 0.244 e. The molecule has 0 radical (unpaired) electrons. The standard InChI is InChI=1S/C28H31ClFN3O4S/c1-20(2)31-28(35)26(17-21-9-5-4-6-10-21)32(18-22-11-7-8-12-25(22)30)27(34)19-33(38(3,36)37)24-15-13-23(29)14-16-24/h4-16,20,26H,17-19H2,1-3H3,(H,31,35)/t26-/m1/s1. The van der Waals surface area contributed by atoms with Gasteiger partial charge in [0.2, 0.25) is 21.8 Å². The van der Waals surface area contributed by atoms with Crippen molar-refractivity contribution in [1.29, 1.82) is 0 Å². The van der Waals surface area contributed by atoms with Crippen LogP contribution in [0.5, 0.6) is 0 Å². The predicted molar refractivity (Wildman–Crippen MR) is 148 cm³/mol. The Labute approximate surface area is 228 Å². The lowest BCUT2D eigenvalue weighted by Crippen LogP contribution is -2.54. The van der Waals surface area contributed by atoms with Crippen LogP contribution in [0.4, 0.5) is 10.1 Å². The lowest BCUT2D eigenvalue weighted by atomic mass is 10.0. The van der Waals surface area contributed by atoms with Gasteiger partial charge in [-0.25, -0.2) is 12.8 Å². The van der Waals surface area contributed by atoms with Gasteiger partial charge in [-0.05, 0) is 49.7 Å². The van der Waals surface area contributed by atoms with E-state index in [4.69, 9.17) is 11.6 Å². The molecular formula is C28H31ClFN3O4S. The van der Waals surface area contributed by atoms with Gasteiger partial charge in [0.25, 0.3) is 0 Å². The van der Waals surface area contributed by atoms with E-state index < -0.39 is 40.2 Å². The molecule has 2 amide bonds. The van der Waals surface area contributed by atoms with Crippen LogP contribution in [0.3, 0.4) is 0 Å². The SMILES string of the molecule is CC(C)NC(=O)[C@@H](Cc1ccccc1)N(Cc1ccccc1F)C(=O)CN(c1ccc(Cl)cc1)S(C)(=O)=O. The molecule has 38 heavy (non-hydrogen) atoms. The first-order valence-electron chi connectivity index (χ1n) is 12.1. The van der Waals surface area contributed by atoms with Crippen LogP contribution in [0.2, 0.25) is 5.02 Å². The highest BCUT2D eigenvalue weighted by molar-refractivity contribution is 7.92. The van der Waals surface area contributed by atoms with E-state index in [1.165, 1.54) is 47.4 Å². The first kappa shape index (κ1) is 29.1. The molecule has 0 spiro atoms. The molecule has 0 heterocycles. The van der Waals surface area contributed by atoms with Crippen molar-refractivity contribution in [2.75, 3.05) is 17.1 Å². The van der Waals surface area contributed by atoms with Crippen LogP contribution in [-0.4, -0.2) is 50.0 Å². The number of rotatable bonds is 11. The molecule has 3 aromatic carbocycles. The minimum atomic E-state index is -3.90. The highest BCUT2D eigenvalue weighted by Gasteiger charge is 2.33. The predicted octanol–water partition coefficient (Wildman–Crippen LogP) is 4.41. The van der Waals surface area contributed by atoms with Gasteiger partial charge in [-0.2, -0.15) is 0 Å². The van der Waals surface area contributed by atoms with Crippen LogP contribution in [0, 0.1) is 5.82 Å². The lowest BCUT2D eigenvalue weighted by Gasteiger charge is -2.34. The van der Waals surface area contributed by atoms with E-state index >= 15 is 0 Å². The molecule has 0 aliphatic carbocycles. The van der Waals surface area contributed by atoms with E-state index in [0.29, 0.717) is 5.02 Å². The molecule has 0 aliphatic rings. The molecule has 0 unspecified atom stereocenters. The number of benzene rings is 3. The Kier molecular flexibility index (Phi) is 9.88. The Hall–Kier alpha value is -3.43. The summed E-state index contributed by atoms with van der Waals surface area (Å²) in [7, 11) is -3.90. The number of carbonyl (C=O) groups excluding carboxylic acids is 2. The van der Waals surface area contributed by atoms with Gasteiger partial charge in [0, 0.05) is 29.6 Å². The summed E-state index contributed by atoms with van der Waals surface area (Å²) >= 11 is 5.96. The van der Waals surface area contributed by atoms with Crippen LogP contribution in [0.15, 0.2) is 78.9 Å². The summed E-state index contributed by atoms with van der Waals surface area (Å²) in [4.78, 5) is 28.5. The normalized spacial score (nSPS) is 12.2. The molecule has 202 valence electrons. The zero-order chi connectivity index (χ0) is 27.9. The summed E-state index contributed by atoms with van der Waals surface area (Å²) < 4.78 is 41.1. The monoisotopic (exact) mass is 559 g/mol. The Bertz CT molecular complexity index is 1350. The van der Waals surface area contributed by atoms with E-state index in [1.807, 2.05) is 30.3 Å². The number of carbonyl (C=O) groups is 2. The second-order valence-corrected chi connectivity index (χ2v) is 11.6. The molecule has 0 aromatic heterocycles. The van der Waals surface area contributed by atoms with Crippen molar-refractivity contribution in [3.8, 4) is 0 Å². The van der Waals surface area contributed by atoms with Crippen molar-refractivity contribution in [1.82, 2.24) is 10.2 Å². The summed E-state index contributed by atoms with van der Waals surface area (Å²) in [6, 6.07) is 19.9. The Morgan fingerprint density at radius 3 is 2.13 bits per heavy atom. The number of anilines is 1. The minimum absolute atomic E-state index is 0.152. The van der Waals surface area contributed by atoms with Crippen LogP contribution >= 0.6 is 11.6 Å². The summed E-state index contributed by atoms with van der Waals surface area (Å²) in [5.74, 6) is -1.62. The maximum absolute atomic E-state index is 14.7. The number of hydrogen-bond acceptors (Lipinski definition) is 4. The van der Waals surface area contributed by atoms with Crippen molar-refractivity contribution < 1.29 is 22.4 Å². The Balaban J connectivity index is 2.06. The average Bonchev–Trinajstić information content (AvgIpc) is 2.85. The van der Waals surface area contributed by atoms with E-state index in [9.17, 15) is 22.4 Å². The number of hydrogen-bond donors (Lipinski definition) is 1. The van der Waals surface area contributed by atoms with Gasteiger partial charge in [-0.3, -0.25) is 13.9 Å². The summed E-state index contributed by atoms with van der Waals surface area (Å²) in [6.07, 6.45) is 1.14. The van der Waals surface area contributed by atoms with Crippen molar-refractivity contribution in [2.45, 2.75) is 38.9 Å². The van der Waals surface area contributed by atoms with Crippen LogP contribution in [0.1, 0.15) is 25.0 Å². The van der Waals surface area contributed by atoms with Gasteiger partial charge in [0.15, 0.2) is 0 Å². The summed E-state index contributed by atoms with van der Waals surface area (Å²) in [5, 5.41) is 3.25. The molecule has 3 rings (SSSR count). The van der Waals surface area contributed by atoms with E-state index in [0.717, 1.165) is 16.1 Å². The van der Waals surface area contributed by atoms with Crippen LogP contribution in [-0.2, 0) is 32.6 Å². The van der Waals surface area contributed by atoms with E-state index in [1.54, 1.807) is 19.9 Å². The molecule has 3 aromatic rings. The Morgan fingerprint density at radius 1 is 0.947 bits per heavy atom. The van der Waals surface area contributed by atoms with Crippen molar-refractivity contribution in [2.24, 2.45) is 0 Å². The second-order valence-electron chi connectivity index (χ2n) is 9.23. The zero-order valence-corrected chi connectivity index (χ0v) is 23.0. The van der Waals surface area contributed by atoms with Crippen LogP contribution in [0.25, 0.3) is 0 Å². The first-order chi connectivity index (χ1) is 18.0.